The van der Waals surface area contributed by atoms with Gasteiger partial charge >= 0.3 is 0 Å². The fraction of sp³-hybridized carbons (Fsp3) is 0.286. The normalized spacial score (nSPS) is 10.4. The maximum atomic E-state index is 12.2. The van der Waals surface area contributed by atoms with E-state index in [0.717, 1.165) is 29.5 Å². The maximum Gasteiger partial charge on any atom is 0.289 e. The molecule has 2 rings (SSSR count). The first-order valence-corrected chi connectivity index (χ1v) is 7.07. The SMILES string of the molecule is CCn1cc(CNC(=O)c2ccc([N+](=O)[O-])cc2[N+](=O)[O-])c(C)n1. The molecule has 1 aromatic carbocycles. The van der Waals surface area contributed by atoms with Gasteiger partial charge in [-0.3, -0.25) is 29.7 Å². The zero-order valence-corrected chi connectivity index (χ0v) is 13.1. The number of amides is 1. The fourth-order valence-corrected chi connectivity index (χ4v) is 2.14. The van der Waals surface area contributed by atoms with Gasteiger partial charge in [0, 0.05) is 30.9 Å². The van der Waals surface area contributed by atoms with Crippen molar-refractivity contribution in [2.45, 2.75) is 26.9 Å². The summed E-state index contributed by atoms with van der Waals surface area (Å²) in [7, 11) is 0. The van der Waals surface area contributed by atoms with Crippen molar-refractivity contribution in [2.24, 2.45) is 0 Å². The molecule has 0 bridgehead atoms. The Balaban J connectivity index is 2.21. The van der Waals surface area contributed by atoms with Crippen molar-refractivity contribution in [2.75, 3.05) is 0 Å². The lowest BCUT2D eigenvalue weighted by molar-refractivity contribution is -0.394. The number of nitro groups is 2. The molecule has 1 amide bonds. The van der Waals surface area contributed by atoms with Crippen LogP contribution in [0.15, 0.2) is 24.4 Å². The van der Waals surface area contributed by atoms with E-state index in [0.29, 0.717) is 6.54 Å². The van der Waals surface area contributed by atoms with Gasteiger partial charge in [0.1, 0.15) is 5.56 Å². The molecule has 1 heterocycles. The number of benzene rings is 1. The van der Waals surface area contributed by atoms with Gasteiger partial charge < -0.3 is 5.32 Å². The highest BCUT2D eigenvalue weighted by molar-refractivity contribution is 5.98. The Morgan fingerprint density at radius 2 is 2.00 bits per heavy atom. The molecule has 0 spiro atoms. The monoisotopic (exact) mass is 333 g/mol. The standard InChI is InChI=1S/C14H15N5O5/c1-3-17-8-10(9(2)16-17)7-15-14(20)12-5-4-11(18(21)22)6-13(12)19(23)24/h4-6,8H,3,7H2,1-2H3,(H,15,20). The molecule has 0 aliphatic rings. The first-order chi connectivity index (χ1) is 11.3. The Kier molecular flexibility index (Phi) is 4.87. The Morgan fingerprint density at radius 3 is 2.54 bits per heavy atom. The molecule has 0 aliphatic carbocycles. The molecular weight excluding hydrogens is 318 g/mol. The van der Waals surface area contributed by atoms with Gasteiger partial charge in [-0.05, 0) is 19.9 Å². The molecule has 10 heteroatoms. The summed E-state index contributed by atoms with van der Waals surface area (Å²) in [6.07, 6.45) is 1.78. The van der Waals surface area contributed by atoms with Crippen LogP contribution in [0, 0.1) is 27.2 Å². The van der Waals surface area contributed by atoms with Crippen LogP contribution in [-0.2, 0) is 13.1 Å². The Bertz CT molecular complexity index is 814. The van der Waals surface area contributed by atoms with E-state index in [-0.39, 0.29) is 12.1 Å². The van der Waals surface area contributed by atoms with Crippen molar-refractivity contribution in [1.82, 2.24) is 15.1 Å². The number of aryl methyl sites for hydroxylation is 2. The summed E-state index contributed by atoms with van der Waals surface area (Å²) in [6.45, 7) is 4.55. The summed E-state index contributed by atoms with van der Waals surface area (Å²) in [5, 5.41) is 28.6. The van der Waals surface area contributed by atoms with E-state index in [9.17, 15) is 25.0 Å². The number of non-ortho nitro benzene ring substituents is 1. The zero-order chi connectivity index (χ0) is 17.9. The number of carbonyl (C=O) groups excluding carboxylic acids is 1. The molecule has 0 fully saturated rings. The lowest BCUT2D eigenvalue weighted by Gasteiger charge is -2.05. The maximum absolute atomic E-state index is 12.2. The number of hydrogen-bond donors (Lipinski definition) is 1. The van der Waals surface area contributed by atoms with E-state index < -0.39 is 27.1 Å². The number of nitrogens with zero attached hydrogens (tertiary/aromatic N) is 4. The Hall–Kier alpha value is -3.30. The molecule has 10 nitrogen and oxygen atoms in total. The molecular formula is C14H15N5O5. The highest BCUT2D eigenvalue weighted by Crippen LogP contribution is 2.24. The second-order valence-corrected chi connectivity index (χ2v) is 4.99. The molecule has 1 N–H and O–H groups in total. The van der Waals surface area contributed by atoms with Crippen LogP contribution in [0.5, 0.6) is 0 Å². The van der Waals surface area contributed by atoms with Gasteiger partial charge in [0.15, 0.2) is 0 Å². The molecule has 0 saturated carbocycles. The van der Waals surface area contributed by atoms with E-state index in [1.807, 2.05) is 6.92 Å². The number of aromatic nitrogens is 2. The number of hydrogen-bond acceptors (Lipinski definition) is 6. The summed E-state index contributed by atoms with van der Waals surface area (Å²) >= 11 is 0. The van der Waals surface area contributed by atoms with Gasteiger partial charge in [-0.25, -0.2) is 0 Å². The second-order valence-electron chi connectivity index (χ2n) is 4.99. The van der Waals surface area contributed by atoms with Gasteiger partial charge in [-0.2, -0.15) is 5.10 Å². The minimum Gasteiger partial charge on any atom is -0.348 e. The minimum atomic E-state index is -0.817. The van der Waals surface area contributed by atoms with Crippen LogP contribution < -0.4 is 5.32 Å². The molecule has 2 aromatic rings. The van der Waals surface area contributed by atoms with E-state index in [1.165, 1.54) is 0 Å². The van der Waals surface area contributed by atoms with Crippen LogP contribution in [0.4, 0.5) is 11.4 Å². The van der Waals surface area contributed by atoms with Crippen LogP contribution in [0.1, 0.15) is 28.5 Å². The molecule has 0 unspecified atom stereocenters. The summed E-state index contributed by atoms with van der Waals surface area (Å²) in [4.78, 5) is 32.4. The van der Waals surface area contributed by atoms with Crippen molar-refractivity contribution < 1.29 is 14.6 Å². The lowest BCUT2D eigenvalue weighted by atomic mass is 10.1. The van der Waals surface area contributed by atoms with Gasteiger partial charge in [-0.1, -0.05) is 0 Å². The summed E-state index contributed by atoms with van der Waals surface area (Å²) in [5.41, 5.74) is 0.247. The topological polar surface area (TPSA) is 133 Å². The van der Waals surface area contributed by atoms with Crippen LogP contribution in [-0.4, -0.2) is 25.5 Å². The third-order valence-corrected chi connectivity index (χ3v) is 3.44. The summed E-state index contributed by atoms with van der Waals surface area (Å²) in [6, 6.07) is 2.91. The third-order valence-electron chi connectivity index (χ3n) is 3.44. The average molecular weight is 333 g/mol. The quantitative estimate of drug-likeness (QED) is 0.634. The van der Waals surface area contributed by atoms with E-state index in [4.69, 9.17) is 0 Å². The smallest absolute Gasteiger partial charge is 0.289 e. The van der Waals surface area contributed by atoms with Crippen LogP contribution in [0.3, 0.4) is 0 Å². The van der Waals surface area contributed by atoms with Crippen LogP contribution >= 0.6 is 0 Å². The fourth-order valence-electron chi connectivity index (χ4n) is 2.14. The largest absolute Gasteiger partial charge is 0.348 e. The van der Waals surface area contributed by atoms with Crippen LogP contribution in [0.2, 0.25) is 0 Å². The van der Waals surface area contributed by atoms with Gasteiger partial charge in [-0.15, -0.1) is 0 Å². The van der Waals surface area contributed by atoms with E-state index >= 15 is 0 Å². The van der Waals surface area contributed by atoms with E-state index in [1.54, 1.807) is 17.8 Å². The van der Waals surface area contributed by atoms with Crippen molar-refractivity contribution in [3.63, 3.8) is 0 Å². The summed E-state index contributed by atoms with van der Waals surface area (Å²) < 4.78 is 1.71. The van der Waals surface area contributed by atoms with Crippen molar-refractivity contribution in [3.8, 4) is 0 Å². The number of rotatable bonds is 6. The summed E-state index contributed by atoms with van der Waals surface area (Å²) in [5.74, 6) is -0.680. The van der Waals surface area contributed by atoms with E-state index in [2.05, 4.69) is 10.4 Å². The van der Waals surface area contributed by atoms with Crippen molar-refractivity contribution >= 4 is 17.3 Å². The molecule has 0 atom stereocenters. The molecule has 0 radical (unpaired) electrons. The molecule has 0 aliphatic heterocycles. The first-order valence-electron chi connectivity index (χ1n) is 7.07. The van der Waals surface area contributed by atoms with Crippen molar-refractivity contribution in [3.05, 3.63) is 61.4 Å². The Morgan fingerprint density at radius 1 is 1.29 bits per heavy atom. The highest BCUT2D eigenvalue weighted by Gasteiger charge is 2.24. The predicted molar refractivity (Wildman–Crippen MR) is 83.6 cm³/mol. The van der Waals surface area contributed by atoms with Crippen molar-refractivity contribution in [1.29, 1.82) is 0 Å². The molecule has 24 heavy (non-hydrogen) atoms. The number of nitro benzene ring substituents is 2. The highest BCUT2D eigenvalue weighted by atomic mass is 16.6. The predicted octanol–water partition coefficient (Wildman–Crippen LogP) is 1.96. The minimum absolute atomic E-state index is 0.152. The average Bonchev–Trinajstić information content (AvgIpc) is 2.92. The molecule has 1 aromatic heterocycles. The molecule has 126 valence electrons. The second kappa shape index (κ2) is 6.86. The zero-order valence-electron chi connectivity index (χ0n) is 13.1. The number of carbonyl (C=O) groups is 1. The molecule has 0 saturated heterocycles. The van der Waals surface area contributed by atoms with Gasteiger partial charge in [0.05, 0.1) is 21.6 Å². The first kappa shape index (κ1) is 17.1. The Labute approximate surface area is 136 Å². The van der Waals surface area contributed by atoms with Gasteiger partial charge in [0.2, 0.25) is 0 Å². The number of nitrogens with one attached hydrogen (secondary N) is 1. The van der Waals surface area contributed by atoms with Gasteiger partial charge in [0.25, 0.3) is 17.3 Å². The lowest BCUT2D eigenvalue weighted by Crippen LogP contribution is -2.24. The third kappa shape index (κ3) is 3.54. The van der Waals surface area contributed by atoms with Crippen LogP contribution in [0.25, 0.3) is 0 Å².